The lowest BCUT2D eigenvalue weighted by atomic mass is 9.94. The first-order chi connectivity index (χ1) is 8.79. The van der Waals surface area contributed by atoms with Gasteiger partial charge >= 0.3 is 6.03 Å². The second-order valence-electron chi connectivity index (χ2n) is 5.93. The Kier molecular flexibility index (Phi) is 2.21. The van der Waals surface area contributed by atoms with Gasteiger partial charge in [-0.05, 0) is 0 Å². The molecule has 19 heavy (non-hydrogen) atoms. The molecular formula is C12H16N4O3. The Bertz CT molecular complexity index is 532. The molecule has 0 saturated carbocycles. The van der Waals surface area contributed by atoms with Gasteiger partial charge in [-0.15, -0.1) is 0 Å². The molecule has 3 rings (SSSR count). The molecule has 1 saturated heterocycles. The van der Waals surface area contributed by atoms with Gasteiger partial charge in [0.2, 0.25) is 0 Å². The zero-order valence-electron chi connectivity index (χ0n) is 11.3. The van der Waals surface area contributed by atoms with Gasteiger partial charge in [0, 0.05) is 18.7 Å². The molecule has 3 aliphatic heterocycles. The molecule has 0 aromatic carbocycles. The van der Waals surface area contributed by atoms with Crippen LogP contribution in [0.2, 0.25) is 0 Å². The van der Waals surface area contributed by atoms with E-state index >= 15 is 0 Å². The van der Waals surface area contributed by atoms with Crippen molar-refractivity contribution in [3.8, 4) is 0 Å². The number of carbonyl (C=O) groups is 2. The van der Waals surface area contributed by atoms with Gasteiger partial charge < -0.3 is 9.64 Å². The van der Waals surface area contributed by atoms with Gasteiger partial charge in [-0.1, -0.05) is 20.8 Å². The molecule has 0 radical (unpaired) electrons. The number of ether oxygens (including phenoxy) is 1. The van der Waals surface area contributed by atoms with E-state index in [-0.39, 0.29) is 11.3 Å². The second-order valence-corrected chi connectivity index (χ2v) is 5.93. The number of aliphatic imine (C=N–C) groups is 1. The van der Waals surface area contributed by atoms with Gasteiger partial charge in [-0.2, -0.15) is 0 Å². The maximum atomic E-state index is 12.0. The largest absolute Gasteiger partial charge is 0.428 e. The SMILES string of the molecule is CN1C(=O)NC(=O)C2C1N=C1OC(C(C)(C)C)=CN12. The first kappa shape index (κ1) is 12.0. The van der Waals surface area contributed by atoms with E-state index in [0.29, 0.717) is 6.02 Å². The summed E-state index contributed by atoms with van der Waals surface area (Å²) in [5, 5.41) is 2.31. The van der Waals surface area contributed by atoms with Crippen molar-refractivity contribution >= 4 is 18.0 Å². The molecule has 0 aliphatic carbocycles. The van der Waals surface area contributed by atoms with Gasteiger partial charge in [0.25, 0.3) is 11.9 Å². The third-order valence-corrected chi connectivity index (χ3v) is 3.46. The van der Waals surface area contributed by atoms with Crippen LogP contribution in [0.4, 0.5) is 4.79 Å². The van der Waals surface area contributed by atoms with Crippen molar-refractivity contribution < 1.29 is 14.3 Å². The summed E-state index contributed by atoms with van der Waals surface area (Å²) in [6.07, 6.45) is 1.28. The van der Waals surface area contributed by atoms with Gasteiger partial charge in [0.15, 0.2) is 12.2 Å². The molecule has 7 nitrogen and oxygen atoms in total. The highest BCUT2D eigenvalue weighted by molar-refractivity contribution is 6.03. The summed E-state index contributed by atoms with van der Waals surface area (Å²) >= 11 is 0. The number of amidine groups is 1. The first-order valence-corrected chi connectivity index (χ1v) is 6.13. The fraction of sp³-hybridized carbons (Fsp3) is 0.583. The zero-order valence-corrected chi connectivity index (χ0v) is 11.3. The van der Waals surface area contributed by atoms with Crippen molar-refractivity contribution in [3.05, 3.63) is 12.0 Å². The number of amides is 3. The minimum atomic E-state index is -0.544. The summed E-state index contributed by atoms with van der Waals surface area (Å²) in [5.74, 6) is 0.416. The van der Waals surface area contributed by atoms with Crippen LogP contribution in [-0.2, 0) is 9.53 Å². The predicted molar refractivity (Wildman–Crippen MR) is 66.8 cm³/mol. The average Bonchev–Trinajstić information content (AvgIpc) is 2.81. The monoisotopic (exact) mass is 264 g/mol. The number of likely N-dealkylation sites (N-methyl/N-ethyl adjacent to an activating group) is 1. The van der Waals surface area contributed by atoms with E-state index < -0.39 is 18.2 Å². The number of carbonyl (C=O) groups excluding carboxylic acids is 2. The Morgan fingerprint density at radius 3 is 2.68 bits per heavy atom. The van der Waals surface area contributed by atoms with E-state index in [1.807, 2.05) is 20.8 Å². The zero-order chi connectivity index (χ0) is 13.9. The van der Waals surface area contributed by atoms with Crippen molar-refractivity contribution in [3.63, 3.8) is 0 Å². The number of nitrogens with zero attached hydrogens (tertiary/aromatic N) is 3. The van der Waals surface area contributed by atoms with E-state index in [2.05, 4.69) is 10.3 Å². The Morgan fingerprint density at radius 2 is 2.05 bits per heavy atom. The molecular weight excluding hydrogens is 248 g/mol. The summed E-state index contributed by atoms with van der Waals surface area (Å²) in [6.45, 7) is 6.07. The normalized spacial score (nSPS) is 29.5. The Morgan fingerprint density at radius 1 is 1.37 bits per heavy atom. The summed E-state index contributed by atoms with van der Waals surface area (Å²) in [5.41, 5.74) is -0.158. The van der Waals surface area contributed by atoms with Gasteiger partial charge in [-0.25, -0.2) is 9.79 Å². The van der Waals surface area contributed by atoms with E-state index in [9.17, 15) is 9.59 Å². The molecule has 1 N–H and O–H groups in total. The van der Waals surface area contributed by atoms with Crippen molar-refractivity contribution in [2.75, 3.05) is 7.05 Å². The third kappa shape index (κ3) is 1.61. The van der Waals surface area contributed by atoms with Crippen molar-refractivity contribution in [1.82, 2.24) is 15.1 Å². The first-order valence-electron chi connectivity index (χ1n) is 6.13. The molecule has 0 bridgehead atoms. The quantitative estimate of drug-likeness (QED) is 0.689. The lowest BCUT2D eigenvalue weighted by Gasteiger charge is -2.33. The standard InChI is InChI=1S/C12H16N4O3/c1-12(2,3)6-5-16-7-8(13-11(16)19-6)15(4)10(18)14-9(7)17/h5,7-8H,1-4H3,(H,14,17,18). The average molecular weight is 264 g/mol. The number of rotatable bonds is 0. The van der Waals surface area contributed by atoms with Crippen LogP contribution >= 0.6 is 0 Å². The molecule has 3 amide bonds. The van der Waals surface area contributed by atoms with E-state index in [1.165, 1.54) is 4.90 Å². The Labute approximate surface area is 110 Å². The van der Waals surface area contributed by atoms with Gasteiger partial charge in [-0.3, -0.25) is 15.0 Å². The highest BCUT2D eigenvalue weighted by atomic mass is 16.5. The highest BCUT2D eigenvalue weighted by Crippen LogP contribution is 2.36. The maximum Gasteiger partial charge on any atom is 0.325 e. The molecule has 102 valence electrons. The maximum absolute atomic E-state index is 12.0. The number of allylic oxidation sites excluding steroid dienone is 1. The molecule has 7 heteroatoms. The molecule has 1 fully saturated rings. The lowest BCUT2D eigenvalue weighted by molar-refractivity contribution is -0.126. The minimum Gasteiger partial charge on any atom is -0.428 e. The Balaban J connectivity index is 1.94. The number of imide groups is 1. The topological polar surface area (TPSA) is 74.2 Å². The lowest BCUT2D eigenvalue weighted by Crippen LogP contribution is -2.62. The summed E-state index contributed by atoms with van der Waals surface area (Å²) in [6, 6.07) is -0.592. The Hall–Kier alpha value is -2.05. The molecule has 3 heterocycles. The summed E-state index contributed by atoms with van der Waals surface area (Å²) in [4.78, 5) is 30.9. The minimum absolute atomic E-state index is 0.158. The van der Waals surface area contributed by atoms with Crippen LogP contribution < -0.4 is 5.32 Å². The molecule has 0 aromatic rings. The number of hydrogen-bond acceptors (Lipinski definition) is 5. The van der Waals surface area contributed by atoms with E-state index in [1.54, 1.807) is 18.1 Å². The highest BCUT2D eigenvalue weighted by Gasteiger charge is 2.51. The van der Waals surface area contributed by atoms with Gasteiger partial charge in [0.1, 0.15) is 5.76 Å². The van der Waals surface area contributed by atoms with E-state index in [4.69, 9.17) is 4.74 Å². The van der Waals surface area contributed by atoms with Crippen LogP contribution in [0.3, 0.4) is 0 Å². The molecule has 0 aromatic heterocycles. The smallest absolute Gasteiger partial charge is 0.325 e. The van der Waals surface area contributed by atoms with Crippen LogP contribution in [0.15, 0.2) is 17.0 Å². The van der Waals surface area contributed by atoms with Crippen LogP contribution in [0.1, 0.15) is 20.8 Å². The molecule has 2 unspecified atom stereocenters. The van der Waals surface area contributed by atoms with Crippen LogP contribution in [0.25, 0.3) is 0 Å². The van der Waals surface area contributed by atoms with Crippen LogP contribution in [0, 0.1) is 5.41 Å². The number of fused-ring (bicyclic) bond motifs is 3. The second kappa shape index (κ2) is 3.49. The van der Waals surface area contributed by atoms with Crippen molar-refractivity contribution in [1.29, 1.82) is 0 Å². The number of hydrogen-bond donors (Lipinski definition) is 1. The number of urea groups is 1. The van der Waals surface area contributed by atoms with Gasteiger partial charge in [0.05, 0.1) is 0 Å². The van der Waals surface area contributed by atoms with E-state index in [0.717, 1.165) is 5.76 Å². The van der Waals surface area contributed by atoms with Crippen molar-refractivity contribution in [2.45, 2.75) is 33.0 Å². The predicted octanol–water partition coefficient (Wildman–Crippen LogP) is 0.452. The fourth-order valence-electron chi connectivity index (χ4n) is 2.27. The molecule has 0 spiro atoms. The number of nitrogens with one attached hydrogen (secondary N) is 1. The third-order valence-electron chi connectivity index (χ3n) is 3.46. The summed E-state index contributed by atoms with van der Waals surface area (Å²) in [7, 11) is 1.61. The molecule has 3 aliphatic rings. The van der Waals surface area contributed by atoms with Crippen molar-refractivity contribution in [2.24, 2.45) is 10.4 Å². The van der Waals surface area contributed by atoms with Crippen LogP contribution in [-0.4, -0.2) is 47.0 Å². The fourth-order valence-corrected chi connectivity index (χ4v) is 2.27. The van der Waals surface area contributed by atoms with Crippen LogP contribution in [0.5, 0.6) is 0 Å². The summed E-state index contributed by atoms with van der Waals surface area (Å²) < 4.78 is 5.69. The molecule has 2 atom stereocenters.